The van der Waals surface area contributed by atoms with E-state index in [1.807, 2.05) is 6.92 Å². The molecule has 1 aromatic carbocycles. The molecule has 0 bridgehead atoms. The standard InChI is InChI=1S/C14H19ClFN3O2/c1-10(9-18-5-3-2-4-6-18)17-13-8-12(16)11(15)7-14(13)19(20)21/h7-8,10,17H,2-6,9H2,1H3. The highest BCUT2D eigenvalue weighted by Gasteiger charge is 2.20. The van der Waals surface area contributed by atoms with E-state index in [0.29, 0.717) is 0 Å². The lowest BCUT2D eigenvalue weighted by Crippen LogP contribution is -2.38. The number of rotatable bonds is 5. The number of hydrogen-bond donors (Lipinski definition) is 1. The summed E-state index contributed by atoms with van der Waals surface area (Å²) in [7, 11) is 0. The molecule has 116 valence electrons. The smallest absolute Gasteiger partial charge is 0.294 e. The predicted octanol–water partition coefficient (Wildman–Crippen LogP) is 3.67. The van der Waals surface area contributed by atoms with E-state index in [9.17, 15) is 14.5 Å². The lowest BCUT2D eigenvalue weighted by Gasteiger charge is -2.29. The number of nitro benzene ring substituents is 1. The number of likely N-dealkylation sites (tertiary alicyclic amines) is 1. The Kier molecular flexibility index (Phi) is 5.36. The van der Waals surface area contributed by atoms with Crippen LogP contribution in [0.5, 0.6) is 0 Å². The Morgan fingerprint density at radius 3 is 2.71 bits per heavy atom. The SMILES string of the molecule is CC(CN1CCCCC1)Nc1cc(F)c(Cl)cc1[N+](=O)[O-]. The highest BCUT2D eigenvalue weighted by molar-refractivity contribution is 6.31. The normalized spacial score (nSPS) is 17.5. The first-order valence-electron chi connectivity index (χ1n) is 7.09. The molecule has 0 saturated carbocycles. The lowest BCUT2D eigenvalue weighted by molar-refractivity contribution is -0.384. The van der Waals surface area contributed by atoms with Gasteiger partial charge in [0.25, 0.3) is 5.69 Å². The minimum Gasteiger partial charge on any atom is -0.376 e. The maximum Gasteiger partial charge on any atom is 0.294 e. The molecular weight excluding hydrogens is 297 g/mol. The quantitative estimate of drug-likeness (QED) is 0.665. The van der Waals surface area contributed by atoms with E-state index in [4.69, 9.17) is 11.6 Å². The second-order valence-corrected chi connectivity index (χ2v) is 5.85. The molecule has 1 atom stereocenters. The van der Waals surface area contributed by atoms with Crippen molar-refractivity contribution < 1.29 is 9.31 Å². The molecular formula is C14H19ClFN3O2. The van der Waals surface area contributed by atoms with E-state index in [0.717, 1.165) is 31.8 Å². The van der Waals surface area contributed by atoms with Gasteiger partial charge in [-0.2, -0.15) is 0 Å². The topological polar surface area (TPSA) is 58.4 Å². The van der Waals surface area contributed by atoms with Crippen molar-refractivity contribution in [2.24, 2.45) is 0 Å². The maximum absolute atomic E-state index is 13.5. The summed E-state index contributed by atoms with van der Waals surface area (Å²) in [5, 5.41) is 13.8. The Balaban J connectivity index is 2.07. The lowest BCUT2D eigenvalue weighted by atomic mass is 10.1. The van der Waals surface area contributed by atoms with Crippen LogP contribution in [0.2, 0.25) is 5.02 Å². The molecule has 0 amide bonds. The molecule has 0 spiro atoms. The predicted molar refractivity (Wildman–Crippen MR) is 81.4 cm³/mol. The average Bonchev–Trinajstić information content (AvgIpc) is 2.43. The van der Waals surface area contributed by atoms with Crippen LogP contribution >= 0.6 is 11.6 Å². The fourth-order valence-electron chi connectivity index (χ4n) is 2.64. The molecule has 1 N–H and O–H groups in total. The van der Waals surface area contributed by atoms with Crippen LogP contribution in [0, 0.1) is 15.9 Å². The zero-order valence-electron chi connectivity index (χ0n) is 11.9. The summed E-state index contributed by atoms with van der Waals surface area (Å²) >= 11 is 5.61. The van der Waals surface area contributed by atoms with Gasteiger partial charge in [0.1, 0.15) is 11.5 Å². The molecule has 1 saturated heterocycles. The zero-order chi connectivity index (χ0) is 15.4. The second kappa shape index (κ2) is 7.04. The number of anilines is 1. The molecule has 1 aromatic rings. The average molecular weight is 316 g/mol. The van der Waals surface area contributed by atoms with Gasteiger partial charge in [-0.15, -0.1) is 0 Å². The van der Waals surface area contributed by atoms with Crippen molar-refractivity contribution in [2.75, 3.05) is 25.0 Å². The van der Waals surface area contributed by atoms with Gasteiger partial charge in [-0.25, -0.2) is 4.39 Å². The van der Waals surface area contributed by atoms with Crippen LogP contribution < -0.4 is 5.32 Å². The highest BCUT2D eigenvalue weighted by Crippen LogP contribution is 2.30. The molecule has 1 fully saturated rings. The van der Waals surface area contributed by atoms with E-state index in [2.05, 4.69) is 10.2 Å². The van der Waals surface area contributed by atoms with Crippen molar-refractivity contribution in [3.8, 4) is 0 Å². The van der Waals surface area contributed by atoms with Crippen LogP contribution in [0.4, 0.5) is 15.8 Å². The Hall–Kier alpha value is -1.40. The van der Waals surface area contributed by atoms with Gasteiger partial charge in [0, 0.05) is 24.7 Å². The van der Waals surface area contributed by atoms with Crippen molar-refractivity contribution in [2.45, 2.75) is 32.2 Å². The molecule has 0 aliphatic carbocycles. The second-order valence-electron chi connectivity index (χ2n) is 5.45. The molecule has 7 heteroatoms. The number of nitrogens with one attached hydrogen (secondary N) is 1. The van der Waals surface area contributed by atoms with Crippen LogP contribution in [0.3, 0.4) is 0 Å². The van der Waals surface area contributed by atoms with Crippen molar-refractivity contribution in [3.05, 3.63) is 33.1 Å². The molecule has 2 rings (SSSR count). The Morgan fingerprint density at radius 2 is 2.10 bits per heavy atom. The molecule has 5 nitrogen and oxygen atoms in total. The van der Waals surface area contributed by atoms with Crippen molar-refractivity contribution in [1.82, 2.24) is 4.90 Å². The molecule has 0 radical (unpaired) electrons. The Morgan fingerprint density at radius 1 is 1.43 bits per heavy atom. The van der Waals surface area contributed by atoms with Crippen LogP contribution in [-0.4, -0.2) is 35.5 Å². The number of halogens is 2. The minimum atomic E-state index is -0.657. The third kappa shape index (κ3) is 4.28. The van der Waals surface area contributed by atoms with Crippen molar-refractivity contribution >= 4 is 23.0 Å². The number of hydrogen-bond acceptors (Lipinski definition) is 4. The van der Waals surface area contributed by atoms with Crippen LogP contribution in [0.1, 0.15) is 26.2 Å². The summed E-state index contributed by atoms with van der Waals surface area (Å²) in [6.07, 6.45) is 3.62. The molecule has 0 aromatic heterocycles. The van der Waals surface area contributed by atoms with Gasteiger partial charge in [0.05, 0.1) is 9.95 Å². The number of piperidine rings is 1. The van der Waals surface area contributed by atoms with E-state index in [1.165, 1.54) is 19.3 Å². The van der Waals surface area contributed by atoms with Gasteiger partial charge in [-0.1, -0.05) is 18.0 Å². The van der Waals surface area contributed by atoms with E-state index >= 15 is 0 Å². The highest BCUT2D eigenvalue weighted by atomic mass is 35.5. The number of benzene rings is 1. The molecule has 1 aliphatic rings. The first-order valence-corrected chi connectivity index (χ1v) is 7.47. The minimum absolute atomic E-state index is 0.0117. The number of nitrogens with zero attached hydrogens (tertiary/aromatic N) is 2. The fraction of sp³-hybridized carbons (Fsp3) is 0.571. The molecule has 21 heavy (non-hydrogen) atoms. The van der Waals surface area contributed by atoms with Gasteiger partial charge in [-0.05, 0) is 32.9 Å². The number of nitro groups is 1. The van der Waals surface area contributed by atoms with E-state index in [-0.39, 0.29) is 22.4 Å². The molecule has 1 heterocycles. The summed E-state index contributed by atoms with van der Waals surface area (Å²) in [6, 6.07) is 2.13. The van der Waals surface area contributed by atoms with E-state index < -0.39 is 10.7 Å². The van der Waals surface area contributed by atoms with Gasteiger partial charge in [0.15, 0.2) is 0 Å². The Bertz CT molecular complexity index is 521. The first kappa shape index (κ1) is 16.0. The summed E-state index contributed by atoms with van der Waals surface area (Å²) in [4.78, 5) is 12.8. The largest absolute Gasteiger partial charge is 0.376 e. The maximum atomic E-state index is 13.5. The van der Waals surface area contributed by atoms with Crippen LogP contribution in [-0.2, 0) is 0 Å². The summed E-state index contributed by atoms with van der Waals surface area (Å²) in [5.74, 6) is -0.657. The van der Waals surface area contributed by atoms with Crippen LogP contribution in [0.25, 0.3) is 0 Å². The van der Waals surface area contributed by atoms with Crippen molar-refractivity contribution in [1.29, 1.82) is 0 Å². The summed E-state index contributed by atoms with van der Waals surface area (Å²) in [6.45, 7) is 4.80. The molecule has 1 aliphatic heterocycles. The fourth-order valence-corrected chi connectivity index (χ4v) is 2.80. The van der Waals surface area contributed by atoms with Crippen LogP contribution in [0.15, 0.2) is 12.1 Å². The zero-order valence-corrected chi connectivity index (χ0v) is 12.7. The van der Waals surface area contributed by atoms with Gasteiger partial charge >= 0.3 is 0 Å². The van der Waals surface area contributed by atoms with Gasteiger partial charge in [0.2, 0.25) is 0 Å². The third-order valence-corrected chi connectivity index (χ3v) is 3.91. The summed E-state index contributed by atoms with van der Waals surface area (Å²) < 4.78 is 13.5. The first-order chi connectivity index (χ1) is 9.97. The monoisotopic (exact) mass is 315 g/mol. The van der Waals surface area contributed by atoms with E-state index in [1.54, 1.807) is 0 Å². The van der Waals surface area contributed by atoms with Crippen molar-refractivity contribution in [3.63, 3.8) is 0 Å². The summed E-state index contributed by atoms with van der Waals surface area (Å²) in [5.41, 5.74) is -0.0293. The molecule has 1 unspecified atom stereocenters. The Labute approximate surface area is 128 Å². The van der Waals surface area contributed by atoms with Gasteiger partial charge < -0.3 is 10.2 Å². The third-order valence-electron chi connectivity index (χ3n) is 3.62. The van der Waals surface area contributed by atoms with Gasteiger partial charge in [-0.3, -0.25) is 10.1 Å².